The van der Waals surface area contributed by atoms with E-state index in [1.54, 1.807) is 23.6 Å². The first kappa shape index (κ1) is 13.0. The zero-order valence-electron chi connectivity index (χ0n) is 10.7. The molecule has 0 aromatic carbocycles. The normalized spacial score (nSPS) is 10.4. The standard InChI is InChI=1S/C14H11N3OS2/c1-9-4-5-10(7-15-9)13(18)17-14-16-11(8-20-14)12-3-2-6-19-12/h2-8H,1H3,(H,16,17,18). The Bertz CT molecular complexity index is 717. The van der Waals surface area contributed by atoms with E-state index in [4.69, 9.17) is 0 Å². The maximum Gasteiger partial charge on any atom is 0.259 e. The molecule has 3 aromatic rings. The highest BCUT2D eigenvalue weighted by Crippen LogP contribution is 2.28. The Morgan fingerprint density at radius 2 is 2.15 bits per heavy atom. The molecule has 0 aliphatic carbocycles. The van der Waals surface area contributed by atoms with E-state index in [-0.39, 0.29) is 5.91 Å². The van der Waals surface area contributed by atoms with Gasteiger partial charge in [-0.05, 0) is 30.5 Å². The minimum absolute atomic E-state index is 0.190. The lowest BCUT2D eigenvalue weighted by atomic mass is 10.2. The predicted octanol–water partition coefficient (Wildman–Crippen LogP) is 3.83. The molecule has 0 spiro atoms. The number of thiophene rings is 1. The Kier molecular flexibility index (Phi) is 3.58. The van der Waals surface area contributed by atoms with E-state index in [9.17, 15) is 4.79 Å². The van der Waals surface area contributed by atoms with Crippen molar-refractivity contribution in [2.45, 2.75) is 6.92 Å². The third kappa shape index (κ3) is 2.76. The Morgan fingerprint density at radius 1 is 1.25 bits per heavy atom. The van der Waals surface area contributed by atoms with Crippen molar-refractivity contribution < 1.29 is 4.79 Å². The van der Waals surface area contributed by atoms with E-state index >= 15 is 0 Å². The van der Waals surface area contributed by atoms with Crippen LogP contribution in [-0.2, 0) is 0 Å². The molecule has 0 bridgehead atoms. The van der Waals surface area contributed by atoms with E-state index in [1.807, 2.05) is 35.9 Å². The van der Waals surface area contributed by atoms with Crippen LogP contribution in [0, 0.1) is 6.92 Å². The molecule has 0 fully saturated rings. The highest BCUT2D eigenvalue weighted by Gasteiger charge is 2.10. The SMILES string of the molecule is Cc1ccc(C(=O)Nc2nc(-c3cccs3)cs2)cn1. The number of hydrogen-bond acceptors (Lipinski definition) is 5. The molecular weight excluding hydrogens is 290 g/mol. The van der Waals surface area contributed by atoms with Crippen LogP contribution >= 0.6 is 22.7 Å². The van der Waals surface area contributed by atoms with Crippen molar-refractivity contribution in [3.05, 3.63) is 52.5 Å². The molecule has 3 rings (SSSR count). The molecule has 6 heteroatoms. The minimum atomic E-state index is -0.190. The third-order valence-electron chi connectivity index (χ3n) is 2.67. The molecule has 4 nitrogen and oxygen atoms in total. The van der Waals surface area contributed by atoms with Crippen molar-refractivity contribution in [1.82, 2.24) is 9.97 Å². The first-order valence-electron chi connectivity index (χ1n) is 5.96. The van der Waals surface area contributed by atoms with Gasteiger partial charge in [0.15, 0.2) is 5.13 Å². The zero-order valence-corrected chi connectivity index (χ0v) is 12.3. The largest absolute Gasteiger partial charge is 0.298 e. The number of carbonyl (C=O) groups is 1. The summed E-state index contributed by atoms with van der Waals surface area (Å²) in [7, 11) is 0. The average molecular weight is 301 g/mol. The first-order chi connectivity index (χ1) is 9.72. The molecule has 3 heterocycles. The molecule has 0 radical (unpaired) electrons. The lowest BCUT2D eigenvalue weighted by Gasteiger charge is -2.01. The van der Waals surface area contributed by atoms with E-state index in [0.717, 1.165) is 16.3 Å². The minimum Gasteiger partial charge on any atom is -0.298 e. The molecular formula is C14H11N3OS2. The Morgan fingerprint density at radius 3 is 2.85 bits per heavy atom. The molecule has 0 unspecified atom stereocenters. The maximum absolute atomic E-state index is 12.0. The Labute approximate surface area is 124 Å². The van der Waals surface area contributed by atoms with Gasteiger partial charge in [-0.2, -0.15) is 0 Å². The first-order valence-corrected chi connectivity index (χ1v) is 7.72. The molecule has 0 aliphatic heterocycles. The van der Waals surface area contributed by atoms with E-state index in [1.165, 1.54) is 11.3 Å². The van der Waals surface area contributed by atoms with E-state index < -0.39 is 0 Å². The summed E-state index contributed by atoms with van der Waals surface area (Å²) in [6.07, 6.45) is 1.57. The molecule has 100 valence electrons. The summed E-state index contributed by atoms with van der Waals surface area (Å²) in [6, 6.07) is 7.56. The van der Waals surface area contributed by atoms with Gasteiger partial charge in [0, 0.05) is 17.3 Å². The topological polar surface area (TPSA) is 54.9 Å². The van der Waals surface area contributed by atoms with E-state index in [0.29, 0.717) is 10.7 Å². The number of pyridine rings is 1. The number of aromatic nitrogens is 2. The van der Waals surface area contributed by atoms with Gasteiger partial charge in [-0.1, -0.05) is 6.07 Å². The van der Waals surface area contributed by atoms with Crippen LogP contribution in [0.4, 0.5) is 5.13 Å². The lowest BCUT2D eigenvalue weighted by Crippen LogP contribution is -2.12. The predicted molar refractivity (Wildman–Crippen MR) is 82.4 cm³/mol. The van der Waals surface area contributed by atoms with Crippen LogP contribution < -0.4 is 5.32 Å². The summed E-state index contributed by atoms with van der Waals surface area (Å²) >= 11 is 3.04. The molecule has 0 atom stereocenters. The van der Waals surface area contributed by atoms with Crippen molar-refractivity contribution in [1.29, 1.82) is 0 Å². The smallest absolute Gasteiger partial charge is 0.259 e. The van der Waals surface area contributed by atoms with Gasteiger partial charge in [-0.3, -0.25) is 15.1 Å². The van der Waals surface area contributed by atoms with Crippen LogP contribution in [0.3, 0.4) is 0 Å². The van der Waals surface area contributed by atoms with Gasteiger partial charge in [-0.15, -0.1) is 22.7 Å². The summed E-state index contributed by atoms with van der Waals surface area (Å²) in [5.74, 6) is -0.190. The van der Waals surface area contributed by atoms with Crippen LogP contribution in [0.2, 0.25) is 0 Å². The number of anilines is 1. The number of nitrogens with one attached hydrogen (secondary N) is 1. The fourth-order valence-corrected chi connectivity index (χ4v) is 3.11. The summed E-state index contributed by atoms with van der Waals surface area (Å²) in [6.45, 7) is 1.88. The quantitative estimate of drug-likeness (QED) is 0.800. The molecule has 3 aromatic heterocycles. The lowest BCUT2D eigenvalue weighted by molar-refractivity contribution is 0.102. The van der Waals surface area contributed by atoms with Gasteiger partial charge < -0.3 is 0 Å². The van der Waals surface area contributed by atoms with Crippen molar-refractivity contribution in [2.75, 3.05) is 5.32 Å². The van der Waals surface area contributed by atoms with Crippen molar-refractivity contribution >= 4 is 33.7 Å². The molecule has 0 aliphatic rings. The summed E-state index contributed by atoms with van der Waals surface area (Å²) in [5.41, 5.74) is 2.31. The van der Waals surface area contributed by atoms with Crippen LogP contribution in [0.15, 0.2) is 41.2 Å². The van der Waals surface area contributed by atoms with Crippen LogP contribution in [0.25, 0.3) is 10.6 Å². The van der Waals surface area contributed by atoms with Gasteiger partial charge in [-0.25, -0.2) is 4.98 Å². The molecule has 0 saturated carbocycles. The highest BCUT2D eigenvalue weighted by atomic mass is 32.1. The molecule has 0 saturated heterocycles. The van der Waals surface area contributed by atoms with Gasteiger partial charge in [0.25, 0.3) is 5.91 Å². The van der Waals surface area contributed by atoms with Crippen LogP contribution in [0.1, 0.15) is 16.1 Å². The second kappa shape index (κ2) is 5.52. The van der Waals surface area contributed by atoms with E-state index in [2.05, 4.69) is 15.3 Å². The van der Waals surface area contributed by atoms with Crippen molar-refractivity contribution in [3.8, 4) is 10.6 Å². The van der Waals surface area contributed by atoms with Gasteiger partial charge in [0.1, 0.15) is 0 Å². The number of nitrogens with zero attached hydrogens (tertiary/aromatic N) is 2. The number of carbonyl (C=O) groups excluding carboxylic acids is 1. The number of aryl methyl sites for hydroxylation is 1. The van der Waals surface area contributed by atoms with Gasteiger partial charge in [0.2, 0.25) is 0 Å². The second-order valence-corrected chi connectivity index (χ2v) is 5.96. The summed E-state index contributed by atoms with van der Waals surface area (Å²) in [4.78, 5) is 21.7. The Balaban J connectivity index is 1.75. The monoisotopic (exact) mass is 301 g/mol. The van der Waals surface area contributed by atoms with Crippen molar-refractivity contribution in [3.63, 3.8) is 0 Å². The number of amides is 1. The fraction of sp³-hybridized carbons (Fsp3) is 0.0714. The number of thiazole rings is 1. The Hall–Kier alpha value is -2.05. The fourth-order valence-electron chi connectivity index (χ4n) is 1.64. The van der Waals surface area contributed by atoms with Gasteiger partial charge >= 0.3 is 0 Å². The van der Waals surface area contributed by atoms with Crippen LogP contribution in [-0.4, -0.2) is 15.9 Å². The van der Waals surface area contributed by atoms with Crippen molar-refractivity contribution in [2.24, 2.45) is 0 Å². The zero-order chi connectivity index (χ0) is 13.9. The summed E-state index contributed by atoms with van der Waals surface area (Å²) in [5, 5.41) is 7.33. The second-order valence-electron chi connectivity index (χ2n) is 4.16. The average Bonchev–Trinajstić information content (AvgIpc) is 3.09. The molecule has 1 amide bonds. The number of rotatable bonds is 3. The van der Waals surface area contributed by atoms with Crippen LogP contribution in [0.5, 0.6) is 0 Å². The number of hydrogen-bond donors (Lipinski definition) is 1. The third-order valence-corrected chi connectivity index (χ3v) is 4.32. The summed E-state index contributed by atoms with van der Waals surface area (Å²) < 4.78 is 0. The highest BCUT2D eigenvalue weighted by molar-refractivity contribution is 7.16. The molecule has 1 N–H and O–H groups in total. The maximum atomic E-state index is 12.0. The van der Waals surface area contributed by atoms with Gasteiger partial charge in [0.05, 0.1) is 16.1 Å². The molecule has 20 heavy (non-hydrogen) atoms.